The van der Waals surface area contributed by atoms with Gasteiger partial charge in [-0.15, -0.1) is 0 Å². The Balaban J connectivity index is 0.000000451. The third kappa shape index (κ3) is 10.5. The van der Waals surface area contributed by atoms with Gasteiger partial charge in [-0.3, -0.25) is 0 Å². The van der Waals surface area contributed by atoms with Gasteiger partial charge in [-0.05, 0) is 109 Å². The van der Waals surface area contributed by atoms with Gasteiger partial charge < -0.3 is 25.2 Å². The summed E-state index contributed by atoms with van der Waals surface area (Å²) in [6.07, 6.45) is 1.63. The standard InChI is InChI=1S/C17H26N2O5S.C12H18N2O3S.2CH4/c1-16(2,3)24-15(20)19-11-9-17(21,10-12-19)13-5-7-14(8-6-13)25(22,23)18-4;1-13-18(16,17)11-4-2-10(3-5-11)12(15)6-8-14-9-7-12;;/h5-8,18,21H,9-12H2,1-4H3;2-5,13-15H,6-9H2,1H3;2*1H4. The van der Waals surface area contributed by atoms with Crippen LogP contribution in [0.15, 0.2) is 58.3 Å². The molecule has 0 atom stereocenters. The van der Waals surface area contributed by atoms with Crippen LogP contribution in [0, 0.1) is 0 Å². The van der Waals surface area contributed by atoms with Crippen LogP contribution in [0.1, 0.15) is 72.4 Å². The predicted molar refractivity (Wildman–Crippen MR) is 176 cm³/mol. The number of sulfonamides is 2. The van der Waals surface area contributed by atoms with Crippen molar-refractivity contribution in [2.24, 2.45) is 0 Å². The van der Waals surface area contributed by atoms with Crippen LogP contribution in [-0.4, -0.2) is 83.9 Å². The second-order valence-corrected chi connectivity index (χ2v) is 15.5. The normalized spacial score (nSPS) is 17.9. The van der Waals surface area contributed by atoms with Crippen molar-refractivity contribution in [3.05, 3.63) is 59.7 Å². The molecule has 0 unspecified atom stereocenters. The van der Waals surface area contributed by atoms with Gasteiger partial charge in [0.1, 0.15) is 5.60 Å². The quantitative estimate of drug-likeness (QED) is 0.309. The maximum absolute atomic E-state index is 12.1. The number of amides is 1. The molecule has 0 spiro atoms. The van der Waals surface area contributed by atoms with E-state index in [9.17, 15) is 31.8 Å². The molecule has 14 heteroatoms. The molecule has 5 N–H and O–H groups in total. The summed E-state index contributed by atoms with van der Waals surface area (Å²) < 4.78 is 56.6. The molecule has 1 amide bonds. The summed E-state index contributed by atoms with van der Waals surface area (Å²) in [5.41, 5.74) is -1.06. The number of benzene rings is 2. The minimum absolute atomic E-state index is 0. The van der Waals surface area contributed by atoms with Crippen LogP contribution in [0.5, 0.6) is 0 Å². The molecule has 2 aromatic carbocycles. The van der Waals surface area contributed by atoms with Crippen LogP contribution in [-0.2, 0) is 36.0 Å². The van der Waals surface area contributed by atoms with Gasteiger partial charge in [-0.1, -0.05) is 39.1 Å². The van der Waals surface area contributed by atoms with Crippen LogP contribution < -0.4 is 14.8 Å². The summed E-state index contributed by atoms with van der Waals surface area (Å²) >= 11 is 0. The van der Waals surface area contributed by atoms with Gasteiger partial charge >= 0.3 is 6.09 Å². The number of hydrogen-bond acceptors (Lipinski definition) is 9. The summed E-state index contributed by atoms with van der Waals surface area (Å²) in [6.45, 7) is 7.73. The molecule has 0 radical (unpaired) electrons. The molecule has 45 heavy (non-hydrogen) atoms. The highest BCUT2D eigenvalue weighted by Crippen LogP contribution is 2.34. The van der Waals surface area contributed by atoms with Crippen molar-refractivity contribution >= 4 is 26.1 Å². The molecule has 0 saturated carbocycles. The minimum atomic E-state index is -3.50. The Morgan fingerprint density at radius 1 is 0.756 bits per heavy atom. The van der Waals surface area contributed by atoms with E-state index in [2.05, 4.69) is 14.8 Å². The number of likely N-dealkylation sites (tertiary alicyclic amines) is 1. The number of nitrogens with one attached hydrogen (secondary N) is 3. The zero-order valence-corrected chi connectivity index (χ0v) is 27.0. The Kier molecular flexibility index (Phi) is 14.2. The van der Waals surface area contributed by atoms with Gasteiger partial charge in [0.15, 0.2) is 0 Å². The lowest BCUT2D eigenvalue weighted by Gasteiger charge is -2.39. The maximum atomic E-state index is 12.1. The van der Waals surface area contributed by atoms with E-state index in [1.54, 1.807) is 29.2 Å². The van der Waals surface area contributed by atoms with Crippen molar-refractivity contribution in [3.63, 3.8) is 0 Å². The van der Waals surface area contributed by atoms with Crippen LogP contribution in [0.25, 0.3) is 0 Å². The van der Waals surface area contributed by atoms with Gasteiger partial charge in [0, 0.05) is 13.1 Å². The highest BCUT2D eigenvalue weighted by Gasteiger charge is 2.37. The van der Waals surface area contributed by atoms with E-state index in [0.717, 1.165) is 18.7 Å². The molecule has 2 saturated heterocycles. The fourth-order valence-corrected chi connectivity index (χ4v) is 6.39. The van der Waals surface area contributed by atoms with E-state index in [1.165, 1.54) is 38.4 Å². The Hall–Kier alpha value is -2.59. The number of carbonyl (C=O) groups is 1. The minimum Gasteiger partial charge on any atom is -0.444 e. The number of nitrogens with zero attached hydrogens (tertiary/aromatic N) is 1. The van der Waals surface area contributed by atoms with E-state index >= 15 is 0 Å². The van der Waals surface area contributed by atoms with Crippen molar-refractivity contribution in [2.45, 2.75) is 87.9 Å². The van der Waals surface area contributed by atoms with Crippen molar-refractivity contribution in [1.29, 1.82) is 0 Å². The molecule has 0 aliphatic carbocycles. The summed E-state index contributed by atoms with van der Waals surface area (Å²) in [5, 5.41) is 24.6. The fraction of sp³-hybridized carbons (Fsp3) is 0.581. The highest BCUT2D eigenvalue weighted by molar-refractivity contribution is 7.89. The van der Waals surface area contributed by atoms with Crippen molar-refractivity contribution in [2.75, 3.05) is 40.3 Å². The lowest BCUT2D eigenvalue weighted by molar-refractivity contribution is -0.0356. The van der Waals surface area contributed by atoms with E-state index < -0.39 is 36.8 Å². The molecule has 0 bridgehead atoms. The van der Waals surface area contributed by atoms with Gasteiger partial charge in [0.2, 0.25) is 20.0 Å². The molecule has 2 aromatic rings. The van der Waals surface area contributed by atoms with E-state index in [4.69, 9.17) is 4.74 Å². The number of piperidine rings is 2. The molecule has 12 nitrogen and oxygen atoms in total. The van der Waals surface area contributed by atoms with Crippen molar-refractivity contribution in [1.82, 2.24) is 19.7 Å². The first-order valence-corrected chi connectivity index (χ1v) is 17.1. The molecule has 256 valence electrons. The molecular weight excluding hydrogens is 620 g/mol. The van der Waals surface area contributed by atoms with E-state index in [0.29, 0.717) is 44.3 Å². The third-order valence-electron chi connectivity index (χ3n) is 7.61. The van der Waals surface area contributed by atoms with Crippen LogP contribution in [0.2, 0.25) is 0 Å². The third-order valence-corrected chi connectivity index (χ3v) is 10.5. The molecule has 0 aromatic heterocycles. The maximum Gasteiger partial charge on any atom is 0.410 e. The smallest absolute Gasteiger partial charge is 0.410 e. The summed E-state index contributed by atoms with van der Waals surface area (Å²) in [5.74, 6) is 0. The monoisotopic (exact) mass is 672 g/mol. The number of ether oxygens (including phenoxy) is 1. The number of hydrogen-bond donors (Lipinski definition) is 5. The summed E-state index contributed by atoms with van der Waals surface area (Å²) in [7, 11) is -4.18. The molecule has 2 heterocycles. The SMILES string of the molecule is C.C.CNS(=O)(=O)c1ccc(C2(O)CCN(C(=O)OC(C)(C)C)CC2)cc1.CNS(=O)(=O)c1ccc(C2(O)CCNCC2)cc1. The van der Waals surface area contributed by atoms with Gasteiger partial charge in [0.05, 0.1) is 21.0 Å². The van der Waals surface area contributed by atoms with Gasteiger partial charge in [-0.25, -0.2) is 31.1 Å². The lowest BCUT2D eigenvalue weighted by Crippen LogP contribution is -2.46. The molecule has 4 rings (SSSR count). The number of carbonyl (C=O) groups excluding carboxylic acids is 1. The second-order valence-electron chi connectivity index (χ2n) is 11.7. The second kappa shape index (κ2) is 15.8. The van der Waals surface area contributed by atoms with Crippen molar-refractivity contribution in [3.8, 4) is 0 Å². The first kappa shape index (κ1) is 40.4. The first-order valence-electron chi connectivity index (χ1n) is 14.2. The largest absolute Gasteiger partial charge is 0.444 e. The zero-order valence-electron chi connectivity index (χ0n) is 25.4. The van der Waals surface area contributed by atoms with Crippen LogP contribution in [0.3, 0.4) is 0 Å². The average Bonchev–Trinajstić information content (AvgIpc) is 2.97. The summed E-state index contributed by atoms with van der Waals surface area (Å²) in [4.78, 5) is 14.0. The fourth-order valence-electron chi connectivity index (χ4n) is 4.93. The van der Waals surface area contributed by atoms with Crippen molar-refractivity contribution < 1.29 is 36.6 Å². The molecule has 2 aliphatic rings. The van der Waals surface area contributed by atoms with Crippen LogP contribution >= 0.6 is 0 Å². The lowest BCUT2D eigenvalue weighted by atomic mass is 9.84. The zero-order chi connectivity index (χ0) is 32.1. The van der Waals surface area contributed by atoms with E-state index in [-0.39, 0.29) is 30.7 Å². The molecule has 2 aliphatic heterocycles. The van der Waals surface area contributed by atoms with Gasteiger partial charge in [-0.2, -0.15) is 0 Å². The van der Waals surface area contributed by atoms with E-state index in [1.807, 2.05) is 20.8 Å². The first-order chi connectivity index (χ1) is 19.9. The van der Waals surface area contributed by atoms with Crippen LogP contribution in [0.4, 0.5) is 4.79 Å². The topological polar surface area (TPSA) is 174 Å². The number of rotatable bonds is 6. The molecule has 2 fully saturated rings. The average molecular weight is 673 g/mol. The van der Waals surface area contributed by atoms with Gasteiger partial charge in [0.25, 0.3) is 0 Å². The Bertz CT molecular complexity index is 1440. The Morgan fingerprint density at radius 2 is 1.11 bits per heavy atom. The Labute approximate surface area is 269 Å². The highest BCUT2D eigenvalue weighted by atomic mass is 32.2. The molecular formula is C31H52N4O8S2. The predicted octanol–water partition coefficient (Wildman–Crippen LogP) is 3.25. The Morgan fingerprint density at radius 3 is 1.44 bits per heavy atom. The summed E-state index contributed by atoms with van der Waals surface area (Å²) in [6, 6.07) is 12.6. The number of aliphatic hydroxyl groups is 2.